The number of amides is 2. The smallest absolute Gasteiger partial charge is 0.274 e. The predicted molar refractivity (Wildman–Crippen MR) is 80.4 cm³/mol. The van der Waals surface area contributed by atoms with Gasteiger partial charge in [0.2, 0.25) is 5.91 Å². The number of hydrogen-bond donors (Lipinski definition) is 1. The van der Waals surface area contributed by atoms with Gasteiger partial charge in [0, 0.05) is 31.0 Å². The van der Waals surface area contributed by atoms with Crippen molar-refractivity contribution in [2.75, 3.05) is 17.3 Å². The van der Waals surface area contributed by atoms with Gasteiger partial charge in [0.25, 0.3) is 5.91 Å². The monoisotopic (exact) mass is 281 g/mol. The van der Waals surface area contributed by atoms with Crippen LogP contribution in [-0.2, 0) is 11.2 Å². The molecule has 0 radical (unpaired) electrons. The highest BCUT2D eigenvalue weighted by atomic mass is 16.2. The molecule has 0 bridgehead atoms. The van der Waals surface area contributed by atoms with Crippen LogP contribution in [0.15, 0.2) is 42.6 Å². The molecule has 1 aliphatic heterocycles. The molecule has 0 saturated carbocycles. The fraction of sp³-hybridized carbons (Fsp3) is 0.188. The number of fused-ring (bicyclic) bond motifs is 1. The molecule has 0 atom stereocenters. The Hall–Kier alpha value is -2.69. The quantitative estimate of drug-likeness (QED) is 0.918. The van der Waals surface area contributed by atoms with Gasteiger partial charge in [-0.15, -0.1) is 0 Å². The largest absolute Gasteiger partial charge is 0.321 e. The van der Waals surface area contributed by atoms with E-state index in [1.165, 1.54) is 0 Å². The van der Waals surface area contributed by atoms with Crippen molar-refractivity contribution in [1.82, 2.24) is 4.98 Å². The Morgan fingerprint density at radius 3 is 2.86 bits per heavy atom. The summed E-state index contributed by atoms with van der Waals surface area (Å²) in [6.07, 6.45) is 2.79. The third-order valence-electron chi connectivity index (χ3n) is 3.58. The van der Waals surface area contributed by atoms with E-state index in [1.54, 1.807) is 42.4 Å². The number of anilines is 2. The highest BCUT2D eigenvalue weighted by Gasteiger charge is 2.21. The first-order valence-corrected chi connectivity index (χ1v) is 6.77. The van der Waals surface area contributed by atoms with Crippen molar-refractivity contribution in [3.05, 3.63) is 53.9 Å². The number of aromatic nitrogens is 1. The summed E-state index contributed by atoms with van der Waals surface area (Å²) in [7, 11) is 1.77. The molecule has 0 fully saturated rings. The topological polar surface area (TPSA) is 62.3 Å². The van der Waals surface area contributed by atoms with Crippen LogP contribution in [0.25, 0.3) is 0 Å². The number of aryl methyl sites for hydroxylation is 1. The molecule has 1 N–H and O–H groups in total. The molecule has 2 amide bonds. The number of carbonyl (C=O) groups excluding carboxylic acids is 2. The molecule has 2 aromatic rings. The molecule has 1 aliphatic rings. The lowest BCUT2D eigenvalue weighted by atomic mass is 10.0. The van der Waals surface area contributed by atoms with Crippen molar-refractivity contribution < 1.29 is 9.59 Å². The third-order valence-corrected chi connectivity index (χ3v) is 3.58. The number of pyridine rings is 1. The zero-order chi connectivity index (χ0) is 14.8. The predicted octanol–water partition coefficient (Wildman–Crippen LogP) is 2.24. The Balaban J connectivity index is 1.82. The van der Waals surface area contributed by atoms with Gasteiger partial charge >= 0.3 is 0 Å². The van der Waals surface area contributed by atoms with E-state index < -0.39 is 0 Å². The van der Waals surface area contributed by atoms with E-state index in [1.807, 2.05) is 12.1 Å². The Labute approximate surface area is 122 Å². The maximum Gasteiger partial charge on any atom is 0.274 e. The zero-order valence-electron chi connectivity index (χ0n) is 11.7. The van der Waals surface area contributed by atoms with E-state index >= 15 is 0 Å². The Kier molecular flexibility index (Phi) is 3.39. The van der Waals surface area contributed by atoms with Crippen molar-refractivity contribution in [3.63, 3.8) is 0 Å². The summed E-state index contributed by atoms with van der Waals surface area (Å²) in [5, 5.41) is 2.83. The molecule has 1 aromatic heterocycles. The first kappa shape index (κ1) is 13.3. The van der Waals surface area contributed by atoms with E-state index in [0.717, 1.165) is 11.3 Å². The molecule has 0 spiro atoms. The van der Waals surface area contributed by atoms with Gasteiger partial charge in [0.15, 0.2) is 0 Å². The van der Waals surface area contributed by atoms with Crippen molar-refractivity contribution in [1.29, 1.82) is 0 Å². The molecule has 0 aliphatic carbocycles. The lowest BCUT2D eigenvalue weighted by Crippen LogP contribution is -2.31. The highest BCUT2D eigenvalue weighted by Crippen LogP contribution is 2.29. The van der Waals surface area contributed by atoms with Gasteiger partial charge < -0.3 is 10.2 Å². The number of hydrogen-bond acceptors (Lipinski definition) is 3. The van der Waals surface area contributed by atoms with Gasteiger partial charge in [-0.05, 0) is 42.3 Å². The van der Waals surface area contributed by atoms with Crippen molar-refractivity contribution in [3.8, 4) is 0 Å². The highest BCUT2D eigenvalue weighted by molar-refractivity contribution is 6.03. The first-order valence-electron chi connectivity index (χ1n) is 6.77. The molecule has 5 heteroatoms. The van der Waals surface area contributed by atoms with Crippen molar-refractivity contribution >= 4 is 23.2 Å². The molecule has 5 nitrogen and oxygen atoms in total. The van der Waals surface area contributed by atoms with E-state index in [9.17, 15) is 9.59 Å². The zero-order valence-corrected chi connectivity index (χ0v) is 11.7. The number of carbonyl (C=O) groups is 2. The van der Waals surface area contributed by atoms with Crippen LogP contribution >= 0.6 is 0 Å². The summed E-state index contributed by atoms with van der Waals surface area (Å²) in [6.45, 7) is 0. The van der Waals surface area contributed by atoms with Gasteiger partial charge in [-0.25, -0.2) is 0 Å². The van der Waals surface area contributed by atoms with Gasteiger partial charge in [-0.2, -0.15) is 0 Å². The first-order chi connectivity index (χ1) is 10.1. The molecule has 106 valence electrons. The average Bonchev–Trinajstić information content (AvgIpc) is 2.52. The summed E-state index contributed by atoms with van der Waals surface area (Å²) in [4.78, 5) is 29.4. The van der Waals surface area contributed by atoms with Crippen LogP contribution in [0.1, 0.15) is 22.5 Å². The fourth-order valence-corrected chi connectivity index (χ4v) is 2.43. The maximum atomic E-state index is 12.1. The summed E-state index contributed by atoms with van der Waals surface area (Å²) in [5.41, 5.74) is 3.06. The Morgan fingerprint density at radius 1 is 1.24 bits per heavy atom. The second-order valence-corrected chi connectivity index (χ2v) is 4.97. The normalized spacial score (nSPS) is 13.8. The van der Waals surface area contributed by atoms with Crippen LogP contribution in [0.5, 0.6) is 0 Å². The van der Waals surface area contributed by atoms with Crippen LogP contribution < -0.4 is 10.2 Å². The van der Waals surface area contributed by atoms with E-state index in [-0.39, 0.29) is 11.8 Å². The molecule has 0 saturated heterocycles. The maximum absolute atomic E-state index is 12.1. The molecule has 1 aromatic carbocycles. The number of benzene rings is 1. The second kappa shape index (κ2) is 5.36. The molecule has 2 heterocycles. The Bertz CT molecular complexity index is 698. The van der Waals surface area contributed by atoms with Gasteiger partial charge in [-0.1, -0.05) is 6.07 Å². The van der Waals surface area contributed by atoms with Crippen LogP contribution in [0.3, 0.4) is 0 Å². The summed E-state index contributed by atoms with van der Waals surface area (Å²) in [6, 6.07) is 10.8. The molecule has 3 rings (SSSR count). The lowest BCUT2D eigenvalue weighted by molar-refractivity contribution is -0.118. The molecule has 0 unspecified atom stereocenters. The standard InChI is InChI=1S/C16H15N3O2/c1-19-14-7-6-12(10-11(14)5-8-15(19)20)18-16(21)13-4-2-3-9-17-13/h2-4,6-7,9-10H,5,8H2,1H3,(H,18,21). The molecular weight excluding hydrogens is 266 g/mol. The number of nitrogens with one attached hydrogen (secondary N) is 1. The molecular formula is C16H15N3O2. The number of nitrogens with zero attached hydrogens (tertiary/aromatic N) is 2. The SMILES string of the molecule is CN1C(=O)CCc2cc(NC(=O)c3ccccn3)ccc21. The van der Waals surface area contributed by atoms with E-state index in [2.05, 4.69) is 10.3 Å². The summed E-state index contributed by atoms with van der Waals surface area (Å²) in [5.74, 6) is -0.122. The summed E-state index contributed by atoms with van der Waals surface area (Å²) >= 11 is 0. The van der Waals surface area contributed by atoms with E-state index in [4.69, 9.17) is 0 Å². The van der Waals surface area contributed by atoms with Crippen LogP contribution in [0.4, 0.5) is 11.4 Å². The minimum absolute atomic E-state index is 0.118. The second-order valence-electron chi connectivity index (χ2n) is 4.97. The average molecular weight is 281 g/mol. The van der Waals surface area contributed by atoms with E-state index in [0.29, 0.717) is 24.2 Å². The fourth-order valence-electron chi connectivity index (χ4n) is 2.43. The van der Waals surface area contributed by atoms with Gasteiger partial charge in [0.1, 0.15) is 5.69 Å². The van der Waals surface area contributed by atoms with Crippen LogP contribution in [0.2, 0.25) is 0 Å². The summed E-state index contributed by atoms with van der Waals surface area (Å²) < 4.78 is 0. The minimum atomic E-state index is -0.240. The van der Waals surface area contributed by atoms with Crippen LogP contribution in [-0.4, -0.2) is 23.8 Å². The molecule has 21 heavy (non-hydrogen) atoms. The Morgan fingerprint density at radius 2 is 2.10 bits per heavy atom. The van der Waals surface area contributed by atoms with Gasteiger partial charge in [-0.3, -0.25) is 14.6 Å². The van der Waals surface area contributed by atoms with Crippen LogP contribution in [0, 0.1) is 0 Å². The van der Waals surface area contributed by atoms with Gasteiger partial charge in [0.05, 0.1) is 0 Å². The van der Waals surface area contributed by atoms with Crippen molar-refractivity contribution in [2.45, 2.75) is 12.8 Å². The minimum Gasteiger partial charge on any atom is -0.321 e. The lowest BCUT2D eigenvalue weighted by Gasteiger charge is -2.26. The van der Waals surface area contributed by atoms with Crippen molar-refractivity contribution in [2.24, 2.45) is 0 Å². The number of rotatable bonds is 2. The third kappa shape index (κ3) is 2.63.